The Hall–Kier alpha value is -1.75. The minimum Gasteiger partial charge on any atom is -0.341 e. The van der Waals surface area contributed by atoms with Gasteiger partial charge in [-0.25, -0.2) is 14.8 Å². The Balaban J connectivity index is 1.83. The van der Waals surface area contributed by atoms with Crippen molar-refractivity contribution in [1.29, 1.82) is 0 Å². The SMILES string of the molecule is CC(C)(C)ONCC(=C=O)C1CCN(c2ncccn2)CC1. The molecule has 0 radical (unpaired) electrons. The van der Waals surface area contributed by atoms with E-state index < -0.39 is 0 Å². The largest absolute Gasteiger partial charge is 0.341 e. The molecule has 120 valence electrons. The van der Waals surface area contributed by atoms with Gasteiger partial charge in [-0.2, -0.15) is 5.48 Å². The fourth-order valence-electron chi connectivity index (χ4n) is 2.48. The lowest BCUT2D eigenvalue weighted by atomic mass is 9.90. The average Bonchev–Trinajstić information content (AvgIpc) is 2.52. The first kappa shape index (κ1) is 16.6. The molecule has 0 amide bonds. The van der Waals surface area contributed by atoms with Crippen LogP contribution in [-0.2, 0) is 9.63 Å². The van der Waals surface area contributed by atoms with Crippen LogP contribution in [0, 0.1) is 5.92 Å². The first-order valence-electron chi connectivity index (χ1n) is 7.66. The summed E-state index contributed by atoms with van der Waals surface area (Å²) in [6, 6.07) is 1.81. The second kappa shape index (κ2) is 7.49. The van der Waals surface area contributed by atoms with Gasteiger partial charge in [0.05, 0.1) is 12.1 Å². The maximum Gasteiger partial charge on any atom is 0.225 e. The lowest BCUT2D eigenvalue weighted by Gasteiger charge is -2.32. The summed E-state index contributed by atoms with van der Waals surface area (Å²) in [6.07, 6.45) is 5.30. The summed E-state index contributed by atoms with van der Waals surface area (Å²) in [4.78, 5) is 27.4. The third kappa shape index (κ3) is 4.91. The number of nitrogens with zero attached hydrogens (tertiary/aromatic N) is 3. The van der Waals surface area contributed by atoms with Crippen LogP contribution in [0.15, 0.2) is 24.0 Å². The molecule has 0 saturated carbocycles. The molecule has 6 nitrogen and oxygen atoms in total. The smallest absolute Gasteiger partial charge is 0.225 e. The molecule has 1 aromatic heterocycles. The lowest BCUT2D eigenvalue weighted by Crippen LogP contribution is -2.37. The molecule has 1 fully saturated rings. The number of hydroxylamine groups is 1. The van der Waals surface area contributed by atoms with Gasteiger partial charge in [0.15, 0.2) is 0 Å². The third-order valence-corrected chi connectivity index (χ3v) is 3.59. The van der Waals surface area contributed by atoms with Gasteiger partial charge in [0.1, 0.15) is 5.94 Å². The predicted octanol–water partition coefficient (Wildman–Crippen LogP) is 1.77. The topological polar surface area (TPSA) is 67.3 Å². The van der Waals surface area contributed by atoms with Gasteiger partial charge in [-0.1, -0.05) is 0 Å². The Morgan fingerprint density at radius 2 is 2.00 bits per heavy atom. The van der Waals surface area contributed by atoms with Crippen LogP contribution in [0.3, 0.4) is 0 Å². The van der Waals surface area contributed by atoms with E-state index in [9.17, 15) is 4.79 Å². The Morgan fingerprint density at radius 3 is 2.55 bits per heavy atom. The second-order valence-corrected chi connectivity index (χ2v) is 6.47. The first-order chi connectivity index (χ1) is 10.5. The van der Waals surface area contributed by atoms with Crippen LogP contribution in [-0.4, -0.2) is 41.1 Å². The third-order valence-electron chi connectivity index (χ3n) is 3.59. The van der Waals surface area contributed by atoms with Gasteiger partial charge in [0.2, 0.25) is 5.95 Å². The lowest BCUT2D eigenvalue weighted by molar-refractivity contribution is -0.0693. The number of hydrogen-bond donors (Lipinski definition) is 1. The number of nitrogens with one attached hydrogen (secondary N) is 1. The summed E-state index contributed by atoms with van der Waals surface area (Å²) in [6.45, 7) is 8.00. The Kier molecular flexibility index (Phi) is 5.66. The highest BCUT2D eigenvalue weighted by molar-refractivity contribution is 5.54. The fourth-order valence-corrected chi connectivity index (χ4v) is 2.48. The van der Waals surface area contributed by atoms with Crippen molar-refractivity contribution in [2.75, 3.05) is 24.5 Å². The molecule has 1 aliphatic rings. The van der Waals surface area contributed by atoms with Crippen LogP contribution in [0.5, 0.6) is 0 Å². The molecule has 22 heavy (non-hydrogen) atoms. The van der Waals surface area contributed by atoms with E-state index in [1.807, 2.05) is 26.8 Å². The van der Waals surface area contributed by atoms with Crippen molar-refractivity contribution in [2.24, 2.45) is 5.92 Å². The first-order valence-corrected chi connectivity index (χ1v) is 7.66. The summed E-state index contributed by atoms with van der Waals surface area (Å²) in [7, 11) is 0. The molecule has 0 spiro atoms. The quantitative estimate of drug-likeness (QED) is 0.660. The number of anilines is 1. The van der Waals surface area contributed by atoms with E-state index in [1.165, 1.54) is 0 Å². The van der Waals surface area contributed by atoms with Crippen LogP contribution >= 0.6 is 0 Å². The van der Waals surface area contributed by atoms with Crippen molar-refractivity contribution in [2.45, 2.75) is 39.2 Å². The zero-order valence-electron chi connectivity index (χ0n) is 13.5. The molecule has 6 heteroatoms. The van der Waals surface area contributed by atoms with Crippen LogP contribution in [0.4, 0.5) is 5.95 Å². The van der Waals surface area contributed by atoms with Crippen LogP contribution in [0.25, 0.3) is 0 Å². The number of carbonyl (C=O) groups excluding carboxylic acids is 1. The van der Waals surface area contributed by atoms with E-state index >= 15 is 0 Å². The molecule has 0 aliphatic carbocycles. The summed E-state index contributed by atoms with van der Waals surface area (Å²) in [5.74, 6) is 3.09. The van der Waals surface area contributed by atoms with E-state index in [-0.39, 0.29) is 11.5 Å². The molecule has 0 aromatic carbocycles. The van der Waals surface area contributed by atoms with E-state index in [2.05, 4.69) is 26.3 Å². The van der Waals surface area contributed by atoms with Gasteiger partial charge in [0.25, 0.3) is 0 Å². The minimum atomic E-state index is -0.276. The number of piperidine rings is 1. The van der Waals surface area contributed by atoms with Gasteiger partial charge in [-0.15, -0.1) is 0 Å². The van der Waals surface area contributed by atoms with E-state index in [1.54, 1.807) is 12.4 Å². The minimum absolute atomic E-state index is 0.244. The highest BCUT2D eigenvalue weighted by Gasteiger charge is 2.24. The van der Waals surface area contributed by atoms with E-state index in [0.717, 1.165) is 37.5 Å². The molecule has 1 N–H and O–H groups in total. The van der Waals surface area contributed by atoms with Crippen LogP contribution in [0.1, 0.15) is 33.6 Å². The van der Waals surface area contributed by atoms with Crippen molar-refractivity contribution in [3.8, 4) is 0 Å². The molecular weight excluding hydrogens is 280 g/mol. The van der Waals surface area contributed by atoms with Crippen molar-refractivity contribution in [3.05, 3.63) is 24.0 Å². The normalized spacial score (nSPS) is 16.4. The Labute approximate surface area is 131 Å². The Morgan fingerprint density at radius 1 is 1.36 bits per heavy atom. The maximum absolute atomic E-state index is 11.2. The van der Waals surface area contributed by atoms with Crippen molar-refractivity contribution in [1.82, 2.24) is 15.4 Å². The molecule has 1 aromatic rings. The number of rotatable bonds is 5. The Bertz CT molecular complexity index is 513. The summed E-state index contributed by atoms with van der Waals surface area (Å²) >= 11 is 0. The molecule has 0 bridgehead atoms. The average molecular weight is 304 g/mol. The van der Waals surface area contributed by atoms with Crippen molar-refractivity contribution in [3.63, 3.8) is 0 Å². The van der Waals surface area contributed by atoms with Crippen LogP contribution < -0.4 is 10.4 Å². The zero-order chi connectivity index (χ0) is 16.0. The maximum atomic E-state index is 11.2. The van der Waals surface area contributed by atoms with Gasteiger partial charge in [-0.3, -0.25) is 4.84 Å². The molecule has 0 unspecified atom stereocenters. The molecule has 0 atom stereocenters. The van der Waals surface area contributed by atoms with E-state index in [0.29, 0.717) is 6.54 Å². The van der Waals surface area contributed by atoms with Gasteiger partial charge in [-0.05, 0) is 45.6 Å². The van der Waals surface area contributed by atoms with Crippen molar-refractivity contribution < 1.29 is 9.63 Å². The molecular formula is C16H24N4O2. The van der Waals surface area contributed by atoms with E-state index in [4.69, 9.17) is 4.84 Å². The molecule has 1 saturated heterocycles. The van der Waals surface area contributed by atoms with Crippen LogP contribution in [0.2, 0.25) is 0 Å². The van der Waals surface area contributed by atoms with Gasteiger partial charge >= 0.3 is 0 Å². The zero-order valence-corrected chi connectivity index (χ0v) is 13.5. The summed E-state index contributed by atoms with van der Waals surface area (Å²) < 4.78 is 0. The molecule has 2 rings (SSSR count). The summed E-state index contributed by atoms with van der Waals surface area (Å²) in [5.41, 5.74) is 3.35. The standard InChI is InChI=1S/C16H24N4O2/c1-16(2,3)22-19-11-14(12-21)13-5-9-20(10-6-13)15-17-7-4-8-18-15/h4,7-8,13,19H,5-6,9-11H2,1-3H3. The van der Waals surface area contributed by atoms with Gasteiger partial charge in [0, 0.05) is 31.1 Å². The highest BCUT2D eigenvalue weighted by Crippen LogP contribution is 2.24. The van der Waals surface area contributed by atoms with Crippen molar-refractivity contribution >= 4 is 11.9 Å². The monoisotopic (exact) mass is 304 g/mol. The fraction of sp³-hybridized carbons (Fsp3) is 0.625. The molecule has 2 heterocycles. The van der Waals surface area contributed by atoms with Gasteiger partial charge < -0.3 is 4.90 Å². The summed E-state index contributed by atoms with van der Waals surface area (Å²) in [5, 5.41) is 0. The predicted molar refractivity (Wildman–Crippen MR) is 85.0 cm³/mol. The highest BCUT2D eigenvalue weighted by atomic mass is 16.7. The number of hydrogen-bond acceptors (Lipinski definition) is 6. The second-order valence-electron chi connectivity index (χ2n) is 6.47. The molecule has 1 aliphatic heterocycles. The number of aromatic nitrogens is 2.